The van der Waals surface area contributed by atoms with Crippen molar-refractivity contribution in [3.05, 3.63) is 53.0 Å². The molecule has 0 bridgehead atoms. The fraction of sp³-hybridized carbons (Fsp3) is 0.435. The first kappa shape index (κ1) is 21.7. The van der Waals surface area contributed by atoms with Crippen molar-refractivity contribution >= 4 is 22.5 Å². The molecular formula is C23H24F3N5O2. The summed E-state index contributed by atoms with van der Waals surface area (Å²) in [5, 5.41) is 14.1. The van der Waals surface area contributed by atoms with Crippen LogP contribution in [0.4, 0.5) is 18.9 Å². The van der Waals surface area contributed by atoms with Gasteiger partial charge in [-0.25, -0.2) is 4.98 Å². The number of nitrogens with one attached hydrogen (secondary N) is 3. The van der Waals surface area contributed by atoms with E-state index >= 15 is 0 Å². The second-order valence-corrected chi connectivity index (χ2v) is 8.58. The first-order valence-electron chi connectivity index (χ1n) is 11.1. The Morgan fingerprint density at radius 1 is 1.18 bits per heavy atom. The first-order chi connectivity index (χ1) is 15.9. The number of benzene rings is 1. The normalized spacial score (nSPS) is 20.9. The number of halogens is 3. The number of ether oxygens (including phenoxy) is 1. The van der Waals surface area contributed by atoms with Gasteiger partial charge in [-0.05, 0) is 37.8 Å². The third kappa shape index (κ3) is 4.52. The van der Waals surface area contributed by atoms with E-state index in [4.69, 9.17) is 4.74 Å². The van der Waals surface area contributed by atoms with E-state index in [1.54, 1.807) is 24.3 Å². The fourth-order valence-electron chi connectivity index (χ4n) is 4.67. The zero-order chi connectivity index (χ0) is 23.0. The molecule has 3 heterocycles. The van der Waals surface area contributed by atoms with Crippen LogP contribution in [-0.2, 0) is 23.9 Å². The van der Waals surface area contributed by atoms with E-state index in [0.29, 0.717) is 48.3 Å². The molecule has 1 aromatic carbocycles. The highest BCUT2D eigenvalue weighted by Gasteiger charge is 2.34. The minimum Gasteiger partial charge on any atom is -0.382 e. The first-order valence-corrected chi connectivity index (χ1v) is 11.1. The lowest BCUT2D eigenvalue weighted by Gasteiger charge is -2.31. The predicted molar refractivity (Wildman–Crippen MR) is 116 cm³/mol. The van der Waals surface area contributed by atoms with Crippen LogP contribution in [0.5, 0.6) is 0 Å². The van der Waals surface area contributed by atoms with Crippen LogP contribution in [0.1, 0.15) is 53.1 Å². The molecule has 1 fully saturated rings. The molecule has 5 rings (SSSR count). The number of carbonyl (C=O) groups is 1. The summed E-state index contributed by atoms with van der Waals surface area (Å²) >= 11 is 0. The number of nitrogens with zero attached hydrogens (tertiary/aromatic N) is 2. The van der Waals surface area contributed by atoms with Crippen molar-refractivity contribution in [3.8, 4) is 0 Å². The molecule has 1 aliphatic carbocycles. The summed E-state index contributed by atoms with van der Waals surface area (Å²) in [6, 6.07) is 7.68. The van der Waals surface area contributed by atoms with Gasteiger partial charge in [0.15, 0.2) is 5.69 Å². The van der Waals surface area contributed by atoms with Crippen molar-refractivity contribution in [2.45, 2.75) is 57.0 Å². The molecule has 3 N–H and O–H groups in total. The Morgan fingerprint density at radius 2 is 2.00 bits per heavy atom. The van der Waals surface area contributed by atoms with Crippen LogP contribution in [0.2, 0.25) is 0 Å². The van der Waals surface area contributed by atoms with Gasteiger partial charge in [0.25, 0.3) is 5.91 Å². The number of anilines is 1. The van der Waals surface area contributed by atoms with E-state index in [2.05, 4.69) is 25.8 Å². The van der Waals surface area contributed by atoms with Crippen molar-refractivity contribution in [3.63, 3.8) is 0 Å². The molecule has 10 heteroatoms. The summed E-state index contributed by atoms with van der Waals surface area (Å²) in [5.41, 5.74) is 1.86. The number of amides is 1. The van der Waals surface area contributed by atoms with Gasteiger partial charge in [0.2, 0.25) is 0 Å². The van der Waals surface area contributed by atoms with Crippen LogP contribution in [0.25, 0.3) is 10.9 Å². The Hall–Kier alpha value is -3.14. The van der Waals surface area contributed by atoms with Gasteiger partial charge in [-0.3, -0.25) is 9.89 Å². The maximum atomic E-state index is 13.4. The molecule has 33 heavy (non-hydrogen) atoms. The Kier molecular flexibility index (Phi) is 5.69. The molecule has 1 unspecified atom stereocenters. The Bertz CT molecular complexity index is 1180. The average Bonchev–Trinajstić information content (AvgIpc) is 3.23. The summed E-state index contributed by atoms with van der Waals surface area (Å²) in [4.78, 5) is 16.6. The number of carbonyl (C=O) groups excluding carboxylic acids is 1. The third-order valence-corrected chi connectivity index (χ3v) is 6.29. The van der Waals surface area contributed by atoms with E-state index in [0.717, 1.165) is 36.6 Å². The standard InChI is InChI=1S/C23H24F3N5O2/c24-23(25,26)20-11-19(15-6-1-2-7-17(15)29-20)27-13-4-3-5-14(10-13)28-22(32)21-16-12-33-9-8-18(16)30-31-21/h1-2,6-7,11,13-14H,3-5,8-10,12H2,(H,27,29)(H,28,32)(H,30,31)/t13-,14?/m0/s1. The van der Waals surface area contributed by atoms with Crippen LogP contribution >= 0.6 is 0 Å². The van der Waals surface area contributed by atoms with Crippen molar-refractivity contribution < 1.29 is 22.7 Å². The van der Waals surface area contributed by atoms with Crippen molar-refractivity contribution in [2.75, 3.05) is 11.9 Å². The second-order valence-electron chi connectivity index (χ2n) is 8.58. The summed E-state index contributed by atoms with van der Waals surface area (Å²) in [6.45, 7) is 0.964. The smallest absolute Gasteiger partial charge is 0.382 e. The topological polar surface area (TPSA) is 91.9 Å². The number of aromatic amines is 1. The number of para-hydroxylation sites is 1. The molecule has 2 aromatic heterocycles. The predicted octanol–water partition coefficient (Wildman–Crippen LogP) is 4.20. The zero-order valence-electron chi connectivity index (χ0n) is 17.8. The molecule has 7 nitrogen and oxygen atoms in total. The van der Waals surface area contributed by atoms with E-state index in [-0.39, 0.29) is 18.0 Å². The lowest BCUT2D eigenvalue weighted by Crippen LogP contribution is -2.42. The number of aromatic nitrogens is 3. The number of pyridine rings is 1. The highest BCUT2D eigenvalue weighted by Crippen LogP contribution is 2.34. The second kappa shape index (κ2) is 8.66. The molecule has 3 aromatic rings. The van der Waals surface area contributed by atoms with Crippen molar-refractivity contribution in [2.24, 2.45) is 0 Å². The van der Waals surface area contributed by atoms with Gasteiger partial charge in [0, 0.05) is 40.8 Å². The molecule has 1 amide bonds. The number of rotatable bonds is 4. The van der Waals surface area contributed by atoms with Gasteiger partial charge in [-0.1, -0.05) is 18.2 Å². The Labute approximate surface area is 188 Å². The summed E-state index contributed by atoms with van der Waals surface area (Å²) < 4.78 is 45.6. The molecule has 0 saturated heterocycles. The highest BCUT2D eigenvalue weighted by molar-refractivity contribution is 5.94. The molecule has 174 valence electrons. The number of alkyl halides is 3. The number of fused-ring (bicyclic) bond motifs is 2. The van der Waals surface area contributed by atoms with Crippen LogP contribution in [-0.4, -0.2) is 39.8 Å². The minimum absolute atomic E-state index is 0.0765. The summed E-state index contributed by atoms with van der Waals surface area (Å²) in [7, 11) is 0. The lowest BCUT2D eigenvalue weighted by atomic mass is 9.90. The average molecular weight is 459 g/mol. The monoisotopic (exact) mass is 459 g/mol. The minimum atomic E-state index is -4.53. The SMILES string of the molecule is O=C(NC1CCC[C@H](Nc2cc(C(F)(F)F)nc3ccccc23)C1)c1n[nH]c2c1COCC2. The molecule has 0 radical (unpaired) electrons. The van der Waals surface area contributed by atoms with Crippen LogP contribution in [0, 0.1) is 0 Å². The fourth-order valence-corrected chi connectivity index (χ4v) is 4.67. The molecular weight excluding hydrogens is 435 g/mol. The lowest BCUT2D eigenvalue weighted by molar-refractivity contribution is -0.140. The van der Waals surface area contributed by atoms with Gasteiger partial charge < -0.3 is 15.4 Å². The van der Waals surface area contributed by atoms with Gasteiger partial charge in [0.05, 0.1) is 18.7 Å². The van der Waals surface area contributed by atoms with Gasteiger partial charge >= 0.3 is 6.18 Å². The number of hydrogen-bond donors (Lipinski definition) is 3. The third-order valence-electron chi connectivity index (χ3n) is 6.29. The van der Waals surface area contributed by atoms with E-state index < -0.39 is 11.9 Å². The number of H-pyrrole nitrogens is 1. The van der Waals surface area contributed by atoms with Crippen LogP contribution in [0.15, 0.2) is 30.3 Å². The highest BCUT2D eigenvalue weighted by atomic mass is 19.4. The van der Waals surface area contributed by atoms with E-state index in [9.17, 15) is 18.0 Å². The van der Waals surface area contributed by atoms with E-state index in [1.165, 1.54) is 0 Å². The van der Waals surface area contributed by atoms with Gasteiger partial charge in [-0.15, -0.1) is 0 Å². The van der Waals surface area contributed by atoms with Crippen molar-refractivity contribution in [1.29, 1.82) is 0 Å². The quantitative estimate of drug-likeness (QED) is 0.544. The molecule has 1 saturated carbocycles. The summed E-state index contributed by atoms with van der Waals surface area (Å²) in [6.07, 6.45) is -0.777. The van der Waals surface area contributed by atoms with Gasteiger partial charge in [-0.2, -0.15) is 18.3 Å². The van der Waals surface area contributed by atoms with Gasteiger partial charge in [0.1, 0.15) is 5.69 Å². The Balaban J connectivity index is 1.31. The molecule has 1 aliphatic heterocycles. The summed E-state index contributed by atoms with van der Waals surface area (Å²) in [5.74, 6) is -0.252. The van der Waals surface area contributed by atoms with Crippen molar-refractivity contribution in [1.82, 2.24) is 20.5 Å². The van der Waals surface area contributed by atoms with E-state index in [1.807, 2.05) is 0 Å². The molecule has 0 spiro atoms. The zero-order valence-corrected chi connectivity index (χ0v) is 17.8. The Morgan fingerprint density at radius 3 is 2.85 bits per heavy atom. The molecule has 2 aliphatic rings. The largest absolute Gasteiger partial charge is 0.433 e. The molecule has 2 atom stereocenters. The van der Waals surface area contributed by atoms with Crippen LogP contribution in [0.3, 0.4) is 0 Å². The van der Waals surface area contributed by atoms with Crippen LogP contribution < -0.4 is 10.6 Å². The number of hydrogen-bond acceptors (Lipinski definition) is 5. The maximum absolute atomic E-state index is 13.4. The maximum Gasteiger partial charge on any atom is 0.433 e.